The highest BCUT2D eigenvalue weighted by Gasteiger charge is 2.86. The van der Waals surface area contributed by atoms with Crippen molar-refractivity contribution in [3.63, 3.8) is 0 Å². The molecule has 4 nitrogen and oxygen atoms in total. The van der Waals surface area contributed by atoms with Crippen LogP contribution in [0.1, 0.15) is 12.8 Å². The zero-order valence-corrected chi connectivity index (χ0v) is 14.4. The summed E-state index contributed by atoms with van der Waals surface area (Å²) in [5, 5.41) is 0. The molecule has 2 saturated carbocycles. The first-order valence-electron chi connectivity index (χ1n) is 8.35. The molecular weight excluding hydrogens is 344 g/mol. The largest absolute Gasteiger partial charge is 0.223 e. The molecule has 124 valence electrons. The predicted octanol–water partition coefficient (Wildman–Crippen LogP) is 2.14. The SMILES string of the molecule is O=S1(=O)c2ccccc2S(=O)(=O)C23[C@H]4C=C[C@H](C4)C21[C@@H]1C=C[C@H]3C1. The van der Waals surface area contributed by atoms with E-state index >= 15 is 0 Å². The number of fused-ring (bicyclic) bond motifs is 5. The first kappa shape index (κ1) is 13.8. The Balaban J connectivity index is 1.90. The second-order valence-electron chi connectivity index (χ2n) is 7.71. The molecule has 0 unspecified atom stereocenters. The van der Waals surface area contributed by atoms with Crippen LogP contribution in [0.3, 0.4) is 0 Å². The average molecular weight is 360 g/mol. The second kappa shape index (κ2) is 3.58. The molecule has 6 rings (SSSR count). The quantitative estimate of drug-likeness (QED) is 0.665. The minimum atomic E-state index is -3.74. The van der Waals surface area contributed by atoms with Crippen molar-refractivity contribution in [2.24, 2.45) is 23.7 Å². The predicted molar refractivity (Wildman–Crippen MR) is 87.7 cm³/mol. The monoisotopic (exact) mass is 360 g/mol. The molecule has 1 aromatic rings. The molecule has 0 radical (unpaired) electrons. The van der Waals surface area contributed by atoms with Gasteiger partial charge in [0, 0.05) is 0 Å². The van der Waals surface area contributed by atoms with E-state index in [0.29, 0.717) is 12.8 Å². The molecule has 6 heteroatoms. The Hall–Kier alpha value is -1.40. The van der Waals surface area contributed by atoms with Crippen LogP contribution in [0, 0.1) is 23.7 Å². The van der Waals surface area contributed by atoms with Crippen molar-refractivity contribution in [2.75, 3.05) is 0 Å². The molecule has 4 bridgehead atoms. The second-order valence-corrected chi connectivity index (χ2v) is 12.0. The van der Waals surface area contributed by atoms with Gasteiger partial charge in [-0.3, -0.25) is 0 Å². The summed E-state index contributed by atoms with van der Waals surface area (Å²) in [6, 6.07) is 6.21. The topological polar surface area (TPSA) is 68.3 Å². The Labute approximate surface area is 141 Å². The third kappa shape index (κ3) is 0.964. The van der Waals surface area contributed by atoms with Crippen molar-refractivity contribution >= 4 is 19.7 Å². The standard InChI is InChI=1S/C18H16O4S2/c19-23(20)15-3-1-2-4-16(15)24(21,22)18-13-7-5-11(9-13)17(18,23)12-6-8-14(18)10-12/h1-8,11-14H,9-10H2/t11-,12-,13+,14+,17?,18?. The van der Waals surface area contributed by atoms with Crippen LogP contribution in [0.15, 0.2) is 58.4 Å². The van der Waals surface area contributed by atoms with Crippen LogP contribution in [0.25, 0.3) is 0 Å². The van der Waals surface area contributed by atoms with Gasteiger partial charge in [0.1, 0.15) is 9.49 Å². The normalized spacial score (nSPS) is 49.8. The zero-order valence-electron chi connectivity index (χ0n) is 12.8. The van der Waals surface area contributed by atoms with Gasteiger partial charge in [-0.1, -0.05) is 36.4 Å². The molecule has 0 spiro atoms. The maximum absolute atomic E-state index is 13.8. The summed E-state index contributed by atoms with van der Waals surface area (Å²) in [5.41, 5.74) is 0. The molecular formula is C18H16O4S2. The number of allylic oxidation sites excluding steroid dienone is 4. The maximum Gasteiger partial charge on any atom is 0.188 e. The van der Waals surface area contributed by atoms with E-state index in [1.807, 2.05) is 24.3 Å². The van der Waals surface area contributed by atoms with E-state index in [2.05, 4.69) is 0 Å². The summed E-state index contributed by atoms with van der Waals surface area (Å²) in [5.74, 6) is -0.794. The van der Waals surface area contributed by atoms with Gasteiger partial charge in [-0.15, -0.1) is 0 Å². The molecule has 4 atom stereocenters. The lowest BCUT2D eigenvalue weighted by Crippen LogP contribution is -2.69. The highest BCUT2D eigenvalue weighted by atomic mass is 32.2. The number of hydrogen-bond acceptors (Lipinski definition) is 4. The van der Waals surface area contributed by atoms with Gasteiger partial charge in [0.15, 0.2) is 19.7 Å². The van der Waals surface area contributed by atoms with Crippen molar-refractivity contribution in [3.8, 4) is 0 Å². The van der Waals surface area contributed by atoms with Crippen LogP contribution in [-0.2, 0) is 19.7 Å². The Bertz CT molecular complexity index is 967. The van der Waals surface area contributed by atoms with Gasteiger partial charge in [0.25, 0.3) is 0 Å². The molecule has 0 N–H and O–H groups in total. The van der Waals surface area contributed by atoms with Gasteiger partial charge in [0.05, 0.1) is 9.79 Å². The molecule has 0 aromatic heterocycles. The van der Waals surface area contributed by atoms with Gasteiger partial charge < -0.3 is 0 Å². The van der Waals surface area contributed by atoms with Crippen molar-refractivity contribution in [2.45, 2.75) is 32.1 Å². The molecule has 0 amide bonds. The van der Waals surface area contributed by atoms with Crippen molar-refractivity contribution < 1.29 is 16.8 Å². The Morgan fingerprint density at radius 1 is 0.667 bits per heavy atom. The Kier molecular flexibility index (Phi) is 2.06. The van der Waals surface area contributed by atoms with Crippen LogP contribution in [0.4, 0.5) is 0 Å². The van der Waals surface area contributed by atoms with Crippen LogP contribution in [0.2, 0.25) is 0 Å². The van der Waals surface area contributed by atoms with Crippen LogP contribution in [-0.4, -0.2) is 26.3 Å². The van der Waals surface area contributed by atoms with E-state index in [0.717, 1.165) is 0 Å². The minimum Gasteiger partial charge on any atom is -0.223 e. The van der Waals surface area contributed by atoms with Gasteiger partial charge in [-0.2, -0.15) is 0 Å². The van der Waals surface area contributed by atoms with Gasteiger partial charge in [0.2, 0.25) is 0 Å². The van der Waals surface area contributed by atoms with E-state index in [-0.39, 0.29) is 33.5 Å². The third-order valence-electron chi connectivity index (χ3n) is 7.30. The highest BCUT2D eigenvalue weighted by Crippen LogP contribution is 2.76. The van der Waals surface area contributed by atoms with E-state index < -0.39 is 29.2 Å². The summed E-state index contributed by atoms with van der Waals surface area (Å²) in [4.78, 5) is 0.0325. The van der Waals surface area contributed by atoms with Gasteiger partial charge in [-0.05, 0) is 48.6 Å². The molecule has 4 aliphatic carbocycles. The average Bonchev–Trinajstić information content (AvgIpc) is 3.31. The Morgan fingerprint density at radius 2 is 1.00 bits per heavy atom. The molecule has 2 fully saturated rings. The smallest absolute Gasteiger partial charge is 0.188 e. The fraction of sp³-hybridized carbons (Fsp3) is 0.444. The fourth-order valence-electron chi connectivity index (χ4n) is 6.85. The van der Waals surface area contributed by atoms with E-state index in [1.54, 1.807) is 12.1 Å². The lowest BCUT2D eigenvalue weighted by molar-refractivity contribution is 0.320. The summed E-state index contributed by atoms with van der Waals surface area (Å²) in [6.45, 7) is 0. The first-order valence-corrected chi connectivity index (χ1v) is 11.3. The molecule has 1 heterocycles. The lowest BCUT2D eigenvalue weighted by Gasteiger charge is -2.53. The fourth-order valence-corrected chi connectivity index (χ4v) is 13.8. The van der Waals surface area contributed by atoms with E-state index in [9.17, 15) is 16.8 Å². The van der Waals surface area contributed by atoms with Crippen LogP contribution >= 0.6 is 0 Å². The highest BCUT2D eigenvalue weighted by molar-refractivity contribution is 8.00. The lowest BCUT2D eigenvalue weighted by atomic mass is 9.74. The Morgan fingerprint density at radius 3 is 1.33 bits per heavy atom. The molecule has 1 aliphatic heterocycles. The van der Waals surface area contributed by atoms with E-state index in [1.165, 1.54) is 12.1 Å². The number of rotatable bonds is 0. The van der Waals surface area contributed by atoms with Crippen molar-refractivity contribution in [1.82, 2.24) is 0 Å². The van der Waals surface area contributed by atoms with Gasteiger partial charge in [-0.25, -0.2) is 16.8 Å². The number of benzene rings is 1. The van der Waals surface area contributed by atoms with Gasteiger partial charge >= 0.3 is 0 Å². The van der Waals surface area contributed by atoms with Crippen LogP contribution in [0.5, 0.6) is 0 Å². The van der Waals surface area contributed by atoms with Crippen molar-refractivity contribution in [1.29, 1.82) is 0 Å². The van der Waals surface area contributed by atoms with E-state index in [4.69, 9.17) is 0 Å². The maximum atomic E-state index is 13.8. The van der Waals surface area contributed by atoms with Crippen molar-refractivity contribution in [3.05, 3.63) is 48.6 Å². The summed E-state index contributed by atoms with van der Waals surface area (Å²) < 4.78 is 52.9. The molecule has 1 aromatic carbocycles. The number of sulfone groups is 2. The van der Waals surface area contributed by atoms with Crippen LogP contribution < -0.4 is 0 Å². The third-order valence-corrected chi connectivity index (χ3v) is 13.1. The minimum absolute atomic E-state index is 0.0162. The number of hydrogen-bond donors (Lipinski definition) is 0. The summed E-state index contributed by atoms with van der Waals surface area (Å²) >= 11 is 0. The summed E-state index contributed by atoms with van der Waals surface area (Å²) in [7, 11) is -7.48. The zero-order chi connectivity index (χ0) is 16.5. The molecule has 0 saturated heterocycles. The first-order chi connectivity index (χ1) is 11.4. The summed E-state index contributed by atoms with van der Waals surface area (Å²) in [6.07, 6.45) is 9.16. The molecule has 5 aliphatic rings. The molecule has 24 heavy (non-hydrogen) atoms.